The van der Waals surface area contributed by atoms with Crippen molar-refractivity contribution in [2.45, 2.75) is 46.0 Å². The summed E-state index contributed by atoms with van der Waals surface area (Å²) < 4.78 is 71.4. The lowest BCUT2D eigenvalue weighted by Gasteiger charge is -2.42. The highest BCUT2D eigenvalue weighted by molar-refractivity contribution is 6.19. The number of fused-ring (bicyclic) bond motifs is 6. The van der Waals surface area contributed by atoms with Gasteiger partial charge in [-0.1, -0.05) is 152 Å². The van der Waals surface area contributed by atoms with E-state index in [4.69, 9.17) is 0 Å². The van der Waals surface area contributed by atoms with Crippen molar-refractivity contribution in [3.63, 3.8) is 0 Å². The third-order valence-electron chi connectivity index (χ3n) is 15.7. The van der Waals surface area contributed by atoms with Crippen LogP contribution in [-0.4, -0.2) is 10.4 Å². The van der Waals surface area contributed by atoms with Gasteiger partial charge in [0.25, 0.3) is 11.8 Å². The Morgan fingerprint density at radius 2 is 0.962 bits per heavy atom. The average molecular weight is 1030 g/mol. The minimum Gasteiger partial charge on any atom is -0.306 e. The zero-order valence-electron chi connectivity index (χ0n) is 43.0. The lowest BCUT2D eigenvalue weighted by molar-refractivity contribution is -0.0926. The molecule has 11 aromatic rings. The molecule has 0 bridgehead atoms. The van der Waals surface area contributed by atoms with Crippen molar-refractivity contribution in [3.8, 4) is 45.1 Å². The minimum absolute atomic E-state index is 0.0148. The van der Waals surface area contributed by atoms with E-state index in [1.807, 2.05) is 140 Å². The van der Waals surface area contributed by atoms with E-state index in [1.165, 1.54) is 12.1 Å². The average Bonchev–Trinajstić information content (AvgIpc) is 3.48. The number of para-hydroxylation sites is 2. The number of anilines is 6. The van der Waals surface area contributed by atoms with Gasteiger partial charge in [0.05, 0.1) is 68.3 Å². The lowest BCUT2D eigenvalue weighted by atomic mass is 9.86. The van der Waals surface area contributed by atoms with Crippen molar-refractivity contribution in [2.24, 2.45) is 0 Å². The molecule has 0 radical (unpaired) electrons. The van der Waals surface area contributed by atoms with E-state index in [9.17, 15) is 5.26 Å². The summed E-state index contributed by atoms with van der Waals surface area (Å²) in [7, 11) is 0. The van der Waals surface area contributed by atoms with Crippen molar-refractivity contribution in [1.29, 1.82) is 5.26 Å². The number of halogens is 4. The SMILES string of the molecule is Cc1cccc(C)c1-c1ccc2c(c1)N(c1ccccc1)c1cc(-c3c(C)cccc3C)ccc1N2c1c(C#N)c2c(c(C(=O)c3ccccc3)c1-n1c3ccccc3c3cc(-c4ccccc4)ccc31)C(F)(F)CC2(F)F. The number of aryl methyl sites for hydroxylation is 4. The van der Waals surface area contributed by atoms with Gasteiger partial charge in [-0.3, -0.25) is 4.79 Å². The Bertz CT molecular complexity index is 4190. The summed E-state index contributed by atoms with van der Waals surface area (Å²) in [6, 6.07) is 67.2. The number of rotatable bonds is 8. The molecule has 1 aromatic heterocycles. The summed E-state index contributed by atoms with van der Waals surface area (Å²) in [5.74, 6) is -9.39. The summed E-state index contributed by atoms with van der Waals surface area (Å²) in [6.07, 6.45) is -1.93. The van der Waals surface area contributed by atoms with Gasteiger partial charge >= 0.3 is 0 Å². The van der Waals surface area contributed by atoms with Gasteiger partial charge in [-0.15, -0.1) is 0 Å². The Morgan fingerprint density at radius 3 is 1.54 bits per heavy atom. The van der Waals surface area contributed by atoms with Gasteiger partial charge in [0.2, 0.25) is 0 Å². The zero-order chi connectivity index (χ0) is 53.8. The molecule has 1 aliphatic carbocycles. The molecule has 0 unspecified atom stereocenters. The molecule has 0 spiro atoms. The number of hydrogen-bond acceptors (Lipinski definition) is 4. The lowest BCUT2D eigenvalue weighted by Crippen LogP contribution is -2.28. The maximum Gasteiger partial charge on any atom is 0.281 e. The summed E-state index contributed by atoms with van der Waals surface area (Å²) in [6.45, 7) is 8.23. The summed E-state index contributed by atoms with van der Waals surface area (Å²) >= 11 is 0. The van der Waals surface area contributed by atoms with Crippen LogP contribution in [0.3, 0.4) is 0 Å². The van der Waals surface area contributed by atoms with Gasteiger partial charge in [0.15, 0.2) is 5.78 Å². The molecule has 1 aliphatic heterocycles. The van der Waals surface area contributed by atoms with Gasteiger partial charge < -0.3 is 14.4 Å². The predicted octanol–water partition coefficient (Wildman–Crippen LogP) is 19.0. The first-order valence-electron chi connectivity index (χ1n) is 25.9. The first kappa shape index (κ1) is 48.1. The maximum absolute atomic E-state index is 17.4. The number of carbonyl (C=O) groups excluding carboxylic acids is 1. The van der Waals surface area contributed by atoms with Gasteiger partial charge in [0, 0.05) is 27.6 Å². The van der Waals surface area contributed by atoms with Crippen molar-refractivity contribution in [3.05, 3.63) is 256 Å². The number of nitriles is 1. The topological polar surface area (TPSA) is 52.3 Å². The minimum atomic E-state index is -4.25. The summed E-state index contributed by atoms with van der Waals surface area (Å²) in [5, 5.41) is 13.3. The van der Waals surface area contributed by atoms with E-state index in [2.05, 4.69) is 75.1 Å². The second kappa shape index (κ2) is 18.1. The molecule has 0 saturated heterocycles. The number of alkyl halides is 4. The second-order valence-electron chi connectivity index (χ2n) is 20.5. The first-order valence-corrected chi connectivity index (χ1v) is 25.9. The predicted molar refractivity (Wildman–Crippen MR) is 306 cm³/mol. The number of benzene rings is 10. The fourth-order valence-electron chi connectivity index (χ4n) is 12.4. The van der Waals surface area contributed by atoms with Crippen LogP contribution < -0.4 is 9.80 Å². The van der Waals surface area contributed by atoms with Crippen LogP contribution >= 0.6 is 0 Å². The molecule has 0 amide bonds. The Kier molecular flexibility index (Phi) is 11.2. The molecule has 5 nitrogen and oxygen atoms in total. The van der Waals surface area contributed by atoms with E-state index in [-0.39, 0.29) is 16.9 Å². The molecular weight excluding hydrogens is 977 g/mol. The standard InChI is InChI=1S/C69H48F4N4O/c1-41-18-16-19-42(2)60(41)48-31-34-56-58(37-48)75(50-26-12-7-13-27-50)59-38-49(61-43(3)20-17-21-44(61)4)32-35-57(59)77(56)65-53(39-74)63-64(69(72,73)40-68(63,70)71)62(67(78)46-24-10-6-11-25-46)66(65)76-54-29-15-14-28-51(54)52-36-47(30-33-55(52)76)45-22-8-5-9-23-45/h5-38H,40H2,1-4H3. The molecule has 378 valence electrons. The van der Waals surface area contributed by atoms with E-state index in [1.54, 1.807) is 27.7 Å². The Labute approximate surface area is 449 Å². The molecule has 9 heteroatoms. The van der Waals surface area contributed by atoms with E-state index in [0.717, 1.165) is 72.1 Å². The van der Waals surface area contributed by atoms with Crippen molar-refractivity contribution in [2.75, 3.05) is 9.80 Å². The van der Waals surface area contributed by atoms with Gasteiger partial charge in [-0.05, 0) is 138 Å². The number of carbonyl (C=O) groups is 1. The highest BCUT2D eigenvalue weighted by Gasteiger charge is 2.60. The Hall–Kier alpha value is -9.52. The fraction of sp³-hybridized carbons (Fsp3) is 0.101. The highest BCUT2D eigenvalue weighted by Crippen LogP contribution is 2.63. The van der Waals surface area contributed by atoms with E-state index < -0.39 is 46.3 Å². The normalized spacial score (nSPS) is 14.0. The third-order valence-corrected chi connectivity index (χ3v) is 15.7. The van der Waals surface area contributed by atoms with Crippen molar-refractivity contribution >= 4 is 61.7 Å². The van der Waals surface area contributed by atoms with Crippen molar-refractivity contribution in [1.82, 2.24) is 4.57 Å². The molecule has 0 saturated carbocycles. The van der Waals surface area contributed by atoms with Crippen LogP contribution in [0, 0.1) is 39.0 Å². The van der Waals surface area contributed by atoms with E-state index >= 15 is 22.4 Å². The molecule has 2 aliphatic rings. The fourth-order valence-corrected chi connectivity index (χ4v) is 12.4. The van der Waals surface area contributed by atoms with Crippen LogP contribution in [0.2, 0.25) is 0 Å². The largest absolute Gasteiger partial charge is 0.306 e. The smallest absolute Gasteiger partial charge is 0.281 e. The van der Waals surface area contributed by atoms with Crippen LogP contribution in [0.15, 0.2) is 206 Å². The Balaban J connectivity index is 1.25. The zero-order valence-corrected chi connectivity index (χ0v) is 43.0. The Morgan fingerprint density at radius 1 is 0.462 bits per heavy atom. The molecule has 0 atom stereocenters. The molecule has 10 aromatic carbocycles. The molecular formula is C69H48F4N4O. The van der Waals surface area contributed by atoms with E-state index in [0.29, 0.717) is 33.8 Å². The van der Waals surface area contributed by atoms with Gasteiger partial charge in [-0.25, -0.2) is 17.6 Å². The second-order valence-corrected chi connectivity index (χ2v) is 20.5. The van der Waals surface area contributed by atoms with Crippen LogP contribution in [-0.2, 0) is 11.8 Å². The van der Waals surface area contributed by atoms with Gasteiger partial charge in [-0.2, -0.15) is 5.26 Å². The van der Waals surface area contributed by atoms with Gasteiger partial charge in [0.1, 0.15) is 6.07 Å². The van der Waals surface area contributed by atoms with Crippen LogP contribution in [0.25, 0.3) is 60.9 Å². The third kappa shape index (κ3) is 7.38. The highest BCUT2D eigenvalue weighted by atomic mass is 19.3. The molecule has 0 N–H and O–H groups in total. The monoisotopic (exact) mass is 1020 g/mol. The van der Waals surface area contributed by atoms with Crippen LogP contribution in [0.5, 0.6) is 0 Å². The number of nitrogens with zero attached hydrogens (tertiary/aromatic N) is 4. The maximum atomic E-state index is 17.4. The number of ketones is 1. The first-order chi connectivity index (χ1) is 37.8. The summed E-state index contributed by atoms with van der Waals surface area (Å²) in [5.41, 5.74) is 9.82. The number of aromatic nitrogens is 1. The summed E-state index contributed by atoms with van der Waals surface area (Å²) in [4.78, 5) is 19.8. The molecule has 13 rings (SSSR count). The number of hydrogen-bond donors (Lipinski definition) is 0. The van der Waals surface area contributed by atoms with Crippen LogP contribution in [0.1, 0.15) is 61.3 Å². The quantitative estimate of drug-likeness (QED) is 0.112. The molecule has 2 heterocycles. The van der Waals surface area contributed by atoms with Crippen molar-refractivity contribution < 1.29 is 22.4 Å². The molecule has 78 heavy (non-hydrogen) atoms. The molecule has 0 fully saturated rings. The van der Waals surface area contributed by atoms with Crippen LogP contribution in [0.4, 0.5) is 51.7 Å².